The number of nitrogens with zero attached hydrogens (tertiary/aromatic N) is 2. The molecule has 1 aromatic carbocycles. The molecule has 126 valence electrons. The number of benzene rings is 1. The van der Waals surface area contributed by atoms with Crippen LogP contribution in [0.4, 0.5) is 0 Å². The first-order valence-corrected chi connectivity index (χ1v) is 8.72. The lowest BCUT2D eigenvalue weighted by molar-refractivity contribution is -0.121. The zero-order valence-corrected chi connectivity index (χ0v) is 14.9. The summed E-state index contributed by atoms with van der Waals surface area (Å²) >= 11 is 1.47. The second kappa shape index (κ2) is 6.02. The van der Waals surface area contributed by atoms with Crippen molar-refractivity contribution >= 4 is 23.0 Å². The third kappa shape index (κ3) is 2.82. The van der Waals surface area contributed by atoms with Crippen LogP contribution in [0.5, 0.6) is 5.75 Å². The van der Waals surface area contributed by atoms with E-state index in [4.69, 9.17) is 4.74 Å². The van der Waals surface area contributed by atoms with Crippen molar-refractivity contribution in [3.63, 3.8) is 0 Å². The summed E-state index contributed by atoms with van der Waals surface area (Å²) in [5, 5.41) is 12.2. The minimum atomic E-state index is -0.904. The summed E-state index contributed by atoms with van der Waals surface area (Å²) in [4.78, 5) is 21.2. The van der Waals surface area contributed by atoms with E-state index < -0.39 is 11.6 Å². The molecule has 0 saturated carbocycles. The van der Waals surface area contributed by atoms with Crippen molar-refractivity contribution in [1.29, 1.82) is 0 Å². The summed E-state index contributed by atoms with van der Waals surface area (Å²) < 4.78 is 6.12. The Morgan fingerprint density at radius 1 is 1.33 bits per heavy atom. The van der Waals surface area contributed by atoms with E-state index in [0.717, 1.165) is 11.3 Å². The maximum atomic E-state index is 12.1. The average molecular weight is 344 g/mol. The van der Waals surface area contributed by atoms with Crippen LogP contribution in [0.15, 0.2) is 34.6 Å². The standard InChI is InChI=1S/C18H20N2O3S/c1-10(2)14-9-24-17(19-14)16-20-15(11(3)21)18(4,23-16)12-5-7-13(22)8-6-12/h5-10,15,22H,1-4H3. The van der Waals surface area contributed by atoms with Crippen LogP contribution in [0.25, 0.3) is 0 Å². The number of Topliss-reactive ketones (excluding diaryl/α,β-unsaturated/α-hetero) is 1. The SMILES string of the molecule is CC(=O)C1N=C(c2nc(C(C)C)cs2)OC1(C)c1ccc(O)cc1. The van der Waals surface area contributed by atoms with Gasteiger partial charge in [0.2, 0.25) is 5.90 Å². The minimum absolute atomic E-state index is 0.0683. The maximum absolute atomic E-state index is 12.1. The molecule has 1 aliphatic rings. The number of carbonyl (C=O) groups is 1. The molecule has 3 rings (SSSR count). The average Bonchev–Trinajstić information content (AvgIpc) is 3.13. The van der Waals surface area contributed by atoms with Crippen LogP contribution in [-0.2, 0) is 15.1 Å². The fourth-order valence-electron chi connectivity index (χ4n) is 2.76. The first-order chi connectivity index (χ1) is 11.3. The number of carbonyl (C=O) groups excluding carboxylic acids is 1. The lowest BCUT2D eigenvalue weighted by Gasteiger charge is -2.28. The van der Waals surface area contributed by atoms with Gasteiger partial charge in [0.05, 0.1) is 5.69 Å². The number of aliphatic imine (C=N–C) groups is 1. The van der Waals surface area contributed by atoms with Crippen LogP contribution in [0.2, 0.25) is 0 Å². The topological polar surface area (TPSA) is 71.8 Å². The lowest BCUT2D eigenvalue weighted by Crippen LogP contribution is -2.38. The molecular formula is C18H20N2O3S. The van der Waals surface area contributed by atoms with E-state index in [9.17, 15) is 9.90 Å². The van der Waals surface area contributed by atoms with Crippen molar-refractivity contribution in [2.75, 3.05) is 0 Å². The van der Waals surface area contributed by atoms with Crippen LogP contribution in [-0.4, -0.2) is 27.8 Å². The van der Waals surface area contributed by atoms with Gasteiger partial charge in [0.1, 0.15) is 5.75 Å². The van der Waals surface area contributed by atoms with E-state index in [1.165, 1.54) is 18.3 Å². The highest BCUT2D eigenvalue weighted by molar-refractivity contribution is 7.11. The number of aromatic nitrogens is 1. The van der Waals surface area contributed by atoms with Crippen molar-refractivity contribution in [1.82, 2.24) is 4.98 Å². The van der Waals surface area contributed by atoms with Crippen molar-refractivity contribution < 1.29 is 14.6 Å². The summed E-state index contributed by atoms with van der Waals surface area (Å²) in [6, 6.07) is 6.04. The van der Waals surface area contributed by atoms with Crippen LogP contribution < -0.4 is 0 Å². The Morgan fingerprint density at radius 3 is 2.54 bits per heavy atom. The van der Waals surface area contributed by atoms with Crippen LogP contribution >= 0.6 is 11.3 Å². The molecule has 2 atom stereocenters. The largest absolute Gasteiger partial charge is 0.508 e. The van der Waals surface area contributed by atoms with Gasteiger partial charge in [-0.25, -0.2) is 9.98 Å². The predicted octanol–water partition coefficient (Wildman–Crippen LogP) is 3.62. The second-order valence-corrected chi connectivity index (χ2v) is 7.29. The summed E-state index contributed by atoms with van der Waals surface area (Å²) in [6.07, 6.45) is 0. The van der Waals surface area contributed by atoms with E-state index in [1.54, 1.807) is 24.3 Å². The zero-order valence-electron chi connectivity index (χ0n) is 14.1. The van der Waals surface area contributed by atoms with Crippen molar-refractivity contribution in [2.24, 2.45) is 4.99 Å². The molecule has 0 aliphatic carbocycles. The molecule has 0 fully saturated rings. The molecule has 6 heteroatoms. The van der Waals surface area contributed by atoms with Gasteiger partial charge in [-0.15, -0.1) is 11.3 Å². The van der Waals surface area contributed by atoms with Gasteiger partial charge in [0.25, 0.3) is 0 Å². The lowest BCUT2D eigenvalue weighted by atomic mass is 9.87. The normalized spacial score (nSPS) is 23.2. The molecule has 24 heavy (non-hydrogen) atoms. The van der Waals surface area contributed by atoms with E-state index >= 15 is 0 Å². The first kappa shape index (κ1) is 16.6. The second-order valence-electron chi connectivity index (χ2n) is 6.44. The molecule has 0 spiro atoms. The number of phenolic OH excluding ortho intramolecular Hbond substituents is 1. The molecule has 2 unspecified atom stereocenters. The van der Waals surface area contributed by atoms with E-state index in [2.05, 4.69) is 23.8 Å². The molecule has 0 bridgehead atoms. The number of phenols is 1. The van der Waals surface area contributed by atoms with Crippen molar-refractivity contribution in [3.05, 3.63) is 45.9 Å². The number of ketones is 1. The summed E-state index contributed by atoms with van der Waals surface area (Å²) in [5.74, 6) is 0.829. The van der Waals surface area contributed by atoms with Gasteiger partial charge in [-0.05, 0) is 37.5 Å². The molecule has 0 saturated heterocycles. The zero-order chi connectivity index (χ0) is 17.5. The van der Waals surface area contributed by atoms with Gasteiger partial charge in [0.15, 0.2) is 22.4 Å². The van der Waals surface area contributed by atoms with Crippen molar-refractivity contribution in [2.45, 2.75) is 45.3 Å². The number of hydrogen-bond acceptors (Lipinski definition) is 6. The molecule has 5 nitrogen and oxygen atoms in total. The first-order valence-electron chi connectivity index (χ1n) is 7.84. The highest BCUT2D eigenvalue weighted by atomic mass is 32.1. The molecule has 0 amide bonds. The Kier molecular flexibility index (Phi) is 4.17. The Hall–Kier alpha value is -2.21. The van der Waals surface area contributed by atoms with Gasteiger partial charge in [-0.2, -0.15) is 0 Å². The maximum Gasteiger partial charge on any atom is 0.247 e. The molecule has 2 heterocycles. The quantitative estimate of drug-likeness (QED) is 0.919. The van der Waals surface area contributed by atoms with Crippen LogP contribution in [0, 0.1) is 0 Å². The fourth-order valence-corrected chi connectivity index (χ4v) is 3.67. The molecule has 1 aliphatic heterocycles. The van der Waals surface area contributed by atoms with Crippen molar-refractivity contribution in [3.8, 4) is 5.75 Å². The van der Waals surface area contributed by atoms with E-state index in [-0.39, 0.29) is 11.5 Å². The highest BCUT2D eigenvalue weighted by Gasteiger charge is 2.47. The predicted molar refractivity (Wildman–Crippen MR) is 93.8 cm³/mol. The van der Waals surface area contributed by atoms with Gasteiger partial charge in [0, 0.05) is 5.38 Å². The monoisotopic (exact) mass is 344 g/mol. The summed E-state index contributed by atoms with van der Waals surface area (Å²) in [5.41, 5.74) is 0.872. The molecule has 2 aromatic rings. The number of ether oxygens (including phenoxy) is 1. The third-order valence-electron chi connectivity index (χ3n) is 4.20. The molecule has 1 aromatic heterocycles. The Balaban J connectivity index is 1.98. The van der Waals surface area contributed by atoms with Crippen LogP contribution in [0.3, 0.4) is 0 Å². The minimum Gasteiger partial charge on any atom is -0.508 e. The smallest absolute Gasteiger partial charge is 0.247 e. The molecular weight excluding hydrogens is 324 g/mol. The number of rotatable bonds is 4. The van der Waals surface area contributed by atoms with E-state index in [1.807, 2.05) is 12.3 Å². The Bertz CT molecular complexity index is 795. The highest BCUT2D eigenvalue weighted by Crippen LogP contribution is 2.39. The number of aromatic hydroxyl groups is 1. The number of hydrogen-bond donors (Lipinski definition) is 1. The van der Waals surface area contributed by atoms with Gasteiger partial charge in [-0.1, -0.05) is 26.0 Å². The van der Waals surface area contributed by atoms with E-state index in [0.29, 0.717) is 16.8 Å². The third-order valence-corrected chi connectivity index (χ3v) is 5.05. The molecule has 0 radical (unpaired) electrons. The Labute approximate surface area is 145 Å². The van der Waals surface area contributed by atoms with Gasteiger partial charge >= 0.3 is 0 Å². The number of thiazole rings is 1. The van der Waals surface area contributed by atoms with Crippen LogP contribution in [0.1, 0.15) is 49.9 Å². The summed E-state index contributed by atoms with van der Waals surface area (Å²) in [6.45, 7) is 7.52. The van der Waals surface area contributed by atoms with Gasteiger partial charge < -0.3 is 9.84 Å². The van der Waals surface area contributed by atoms with Gasteiger partial charge in [-0.3, -0.25) is 4.79 Å². The fraction of sp³-hybridized carbons (Fsp3) is 0.389. The molecule has 1 N–H and O–H groups in total. The summed E-state index contributed by atoms with van der Waals surface area (Å²) in [7, 11) is 0. The Morgan fingerprint density at radius 2 is 2.00 bits per heavy atom.